The normalized spacial score (nSPS) is 24.7. The fourth-order valence-electron chi connectivity index (χ4n) is 2.36. The summed E-state index contributed by atoms with van der Waals surface area (Å²) in [5.74, 6) is 0.750. The highest BCUT2D eigenvalue weighted by molar-refractivity contribution is 5.67. The number of nitrogens with one attached hydrogen (secondary N) is 2. The first-order valence-electron chi connectivity index (χ1n) is 7.09. The summed E-state index contributed by atoms with van der Waals surface area (Å²) in [4.78, 5) is 11.4. The Balaban J connectivity index is 2.09. The van der Waals surface area contributed by atoms with E-state index in [-0.39, 0.29) is 6.09 Å². The summed E-state index contributed by atoms with van der Waals surface area (Å²) >= 11 is 0. The lowest BCUT2D eigenvalue weighted by Gasteiger charge is -2.29. The zero-order valence-corrected chi connectivity index (χ0v) is 12.2. The van der Waals surface area contributed by atoms with E-state index in [1.165, 1.54) is 25.7 Å². The van der Waals surface area contributed by atoms with Crippen molar-refractivity contribution < 1.29 is 9.53 Å². The molecule has 0 spiro atoms. The van der Waals surface area contributed by atoms with Gasteiger partial charge in [0.15, 0.2) is 0 Å². The highest BCUT2D eigenvalue weighted by Crippen LogP contribution is 2.23. The molecule has 0 radical (unpaired) electrons. The number of carbonyl (C=O) groups is 1. The molecule has 1 aliphatic rings. The predicted octanol–water partition coefficient (Wildman–Crippen LogP) is 2.68. The summed E-state index contributed by atoms with van der Waals surface area (Å²) in [6.45, 7) is 9.35. The average Bonchev–Trinajstić information content (AvgIpc) is 2.24. The second-order valence-corrected chi connectivity index (χ2v) is 6.25. The van der Waals surface area contributed by atoms with Crippen molar-refractivity contribution in [1.29, 1.82) is 0 Å². The number of amides is 1. The van der Waals surface area contributed by atoms with Crippen molar-refractivity contribution >= 4 is 6.09 Å². The molecule has 0 aromatic heterocycles. The molecule has 18 heavy (non-hydrogen) atoms. The Morgan fingerprint density at radius 2 is 1.89 bits per heavy atom. The van der Waals surface area contributed by atoms with Gasteiger partial charge in [0.1, 0.15) is 5.60 Å². The maximum Gasteiger partial charge on any atom is 0.407 e. The van der Waals surface area contributed by atoms with Crippen LogP contribution in [0.4, 0.5) is 4.79 Å². The Hall–Kier alpha value is -0.770. The third-order valence-electron chi connectivity index (χ3n) is 3.31. The molecule has 1 amide bonds. The number of rotatable bonds is 4. The minimum atomic E-state index is -0.421. The number of hydrogen-bond donors (Lipinski definition) is 2. The van der Waals surface area contributed by atoms with Crippen LogP contribution in [0.5, 0.6) is 0 Å². The van der Waals surface area contributed by atoms with Gasteiger partial charge in [-0.25, -0.2) is 4.79 Å². The van der Waals surface area contributed by atoms with E-state index in [2.05, 4.69) is 17.6 Å². The van der Waals surface area contributed by atoms with Gasteiger partial charge in [-0.1, -0.05) is 19.8 Å². The van der Waals surface area contributed by atoms with Crippen molar-refractivity contribution in [2.75, 3.05) is 13.1 Å². The summed E-state index contributed by atoms with van der Waals surface area (Å²) in [6, 6.07) is 0.610. The van der Waals surface area contributed by atoms with E-state index in [1.54, 1.807) is 0 Å². The topological polar surface area (TPSA) is 50.4 Å². The minimum Gasteiger partial charge on any atom is -0.444 e. The molecule has 2 N–H and O–H groups in total. The van der Waals surface area contributed by atoms with Crippen LogP contribution < -0.4 is 10.6 Å². The van der Waals surface area contributed by atoms with Crippen LogP contribution in [0.15, 0.2) is 0 Å². The van der Waals surface area contributed by atoms with Crippen molar-refractivity contribution in [3.05, 3.63) is 0 Å². The Bertz CT molecular complexity index is 261. The Labute approximate surface area is 111 Å². The van der Waals surface area contributed by atoms with Gasteiger partial charge in [0.05, 0.1) is 0 Å². The average molecular weight is 256 g/mol. The molecule has 4 nitrogen and oxygen atoms in total. The van der Waals surface area contributed by atoms with Gasteiger partial charge < -0.3 is 15.4 Å². The lowest BCUT2D eigenvalue weighted by molar-refractivity contribution is 0.0527. The second-order valence-electron chi connectivity index (χ2n) is 6.25. The van der Waals surface area contributed by atoms with Crippen molar-refractivity contribution in [2.45, 2.75) is 65.0 Å². The van der Waals surface area contributed by atoms with Crippen molar-refractivity contribution in [3.8, 4) is 0 Å². The number of ether oxygens (including phenoxy) is 1. The first kappa shape index (κ1) is 15.3. The zero-order valence-electron chi connectivity index (χ0n) is 12.2. The number of hydrogen-bond acceptors (Lipinski definition) is 3. The Morgan fingerprint density at radius 3 is 2.50 bits per heavy atom. The first-order valence-corrected chi connectivity index (χ1v) is 7.09. The molecule has 0 aromatic rings. The molecule has 0 bridgehead atoms. The molecule has 2 unspecified atom stereocenters. The summed E-state index contributed by atoms with van der Waals surface area (Å²) in [5, 5.41) is 6.29. The molecule has 0 aliphatic heterocycles. The Morgan fingerprint density at radius 1 is 1.22 bits per heavy atom. The van der Waals surface area contributed by atoms with Crippen LogP contribution in [0.25, 0.3) is 0 Å². The van der Waals surface area contributed by atoms with Crippen molar-refractivity contribution in [2.24, 2.45) is 5.92 Å². The van der Waals surface area contributed by atoms with Gasteiger partial charge in [-0.3, -0.25) is 0 Å². The van der Waals surface area contributed by atoms with E-state index in [9.17, 15) is 4.79 Å². The molecule has 1 rings (SSSR count). The van der Waals surface area contributed by atoms with Crippen LogP contribution in [0.3, 0.4) is 0 Å². The van der Waals surface area contributed by atoms with Gasteiger partial charge in [-0.15, -0.1) is 0 Å². The van der Waals surface area contributed by atoms with E-state index >= 15 is 0 Å². The van der Waals surface area contributed by atoms with Crippen LogP contribution in [-0.4, -0.2) is 30.8 Å². The third kappa shape index (κ3) is 6.24. The zero-order chi connectivity index (χ0) is 13.6. The third-order valence-corrected chi connectivity index (χ3v) is 3.31. The van der Waals surface area contributed by atoms with Crippen LogP contribution in [0.2, 0.25) is 0 Å². The molecule has 0 heterocycles. The summed E-state index contributed by atoms with van der Waals surface area (Å²) < 4.78 is 5.17. The maximum absolute atomic E-state index is 11.4. The molecule has 0 aromatic carbocycles. The molecular weight excluding hydrogens is 228 g/mol. The lowest BCUT2D eigenvalue weighted by Crippen LogP contribution is -2.42. The largest absolute Gasteiger partial charge is 0.444 e. The first-order chi connectivity index (χ1) is 8.38. The van der Waals surface area contributed by atoms with Gasteiger partial charge in [0.2, 0.25) is 0 Å². The molecule has 2 atom stereocenters. The van der Waals surface area contributed by atoms with E-state index < -0.39 is 5.60 Å². The highest BCUT2D eigenvalue weighted by atomic mass is 16.6. The highest BCUT2D eigenvalue weighted by Gasteiger charge is 2.20. The minimum absolute atomic E-state index is 0.332. The number of alkyl carbamates (subject to hydrolysis) is 1. The SMILES string of the molecule is CC1CCCCC1NCCNC(=O)OC(C)(C)C. The summed E-state index contributed by atoms with van der Waals surface area (Å²) in [6.07, 6.45) is 4.92. The molecular formula is C14H28N2O2. The van der Waals surface area contributed by atoms with Crippen LogP contribution in [-0.2, 0) is 4.74 Å². The van der Waals surface area contributed by atoms with Crippen molar-refractivity contribution in [3.63, 3.8) is 0 Å². The van der Waals surface area contributed by atoms with Gasteiger partial charge in [0, 0.05) is 19.1 Å². The van der Waals surface area contributed by atoms with Crippen LogP contribution in [0, 0.1) is 5.92 Å². The van der Waals surface area contributed by atoms with E-state index in [0.29, 0.717) is 12.6 Å². The number of carbonyl (C=O) groups excluding carboxylic acids is 1. The molecule has 1 saturated carbocycles. The molecule has 0 saturated heterocycles. The smallest absolute Gasteiger partial charge is 0.407 e. The van der Waals surface area contributed by atoms with Gasteiger partial charge in [-0.2, -0.15) is 0 Å². The lowest BCUT2D eigenvalue weighted by atomic mass is 9.86. The van der Waals surface area contributed by atoms with E-state index in [0.717, 1.165) is 12.5 Å². The molecule has 4 heteroatoms. The predicted molar refractivity (Wildman–Crippen MR) is 73.7 cm³/mol. The Kier molecular flexibility index (Phi) is 5.93. The molecule has 1 aliphatic carbocycles. The second kappa shape index (κ2) is 6.98. The van der Waals surface area contributed by atoms with Gasteiger partial charge in [-0.05, 0) is 39.5 Å². The summed E-state index contributed by atoms with van der Waals surface area (Å²) in [5.41, 5.74) is -0.421. The van der Waals surface area contributed by atoms with Crippen molar-refractivity contribution in [1.82, 2.24) is 10.6 Å². The standard InChI is InChI=1S/C14H28N2O2/c1-11-7-5-6-8-12(11)15-9-10-16-13(17)18-14(2,3)4/h11-12,15H,5-10H2,1-4H3,(H,16,17). The molecule has 1 fully saturated rings. The van der Waals surface area contributed by atoms with Crippen LogP contribution >= 0.6 is 0 Å². The fraction of sp³-hybridized carbons (Fsp3) is 0.929. The maximum atomic E-state index is 11.4. The summed E-state index contributed by atoms with van der Waals surface area (Å²) in [7, 11) is 0. The quantitative estimate of drug-likeness (QED) is 0.760. The monoisotopic (exact) mass is 256 g/mol. The molecule has 106 valence electrons. The fourth-order valence-corrected chi connectivity index (χ4v) is 2.36. The van der Waals surface area contributed by atoms with E-state index in [1.807, 2.05) is 20.8 Å². The van der Waals surface area contributed by atoms with Gasteiger partial charge in [0.25, 0.3) is 0 Å². The van der Waals surface area contributed by atoms with E-state index in [4.69, 9.17) is 4.74 Å². The van der Waals surface area contributed by atoms with Gasteiger partial charge >= 0.3 is 6.09 Å². The van der Waals surface area contributed by atoms with Crippen LogP contribution in [0.1, 0.15) is 53.4 Å².